The summed E-state index contributed by atoms with van der Waals surface area (Å²) in [6.45, 7) is 1.58. The molecule has 100 valence electrons. The molecule has 2 rings (SSSR count). The lowest BCUT2D eigenvalue weighted by atomic mass is 10.1. The van der Waals surface area contributed by atoms with Crippen molar-refractivity contribution in [3.8, 4) is 0 Å². The molecule has 0 aliphatic heterocycles. The van der Waals surface area contributed by atoms with E-state index in [9.17, 15) is 0 Å². The van der Waals surface area contributed by atoms with Crippen LogP contribution < -0.4 is 11.1 Å². The average molecular weight is 296 g/mol. The Morgan fingerprint density at radius 2 is 2.32 bits per heavy atom. The van der Waals surface area contributed by atoms with E-state index in [2.05, 4.69) is 15.6 Å². The van der Waals surface area contributed by atoms with Crippen molar-refractivity contribution >= 4 is 34.5 Å². The molecule has 2 aromatic rings. The average Bonchev–Trinajstić information content (AvgIpc) is 2.87. The summed E-state index contributed by atoms with van der Waals surface area (Å²) in [7, 11) is 0. The number of hydrogen-bond acceptors (Lipinski definition) is 4. The zero-order valence-electron chi connectivity index (χ0n) is 10.2. The molecule has 0 fully saturated rings. The van der Waals surface area contributed by atoms with Gasteiger partial charge in [0.15, 0.2) is 0 Å². The van der Waals surface area contributed by atoms with Crippen LogP contribution in [0.4, 0.5) is 5.69 Å². The molecular weight excluding hydrogens is 282 g/mol. The van der Waals surface area contributed by atoms with Crippen molar-refractivity contribution in [2.24, 2.45) is 5.73 Å². The molecule has 7 heteroatoms. The maximum atomic E-state index is 5.97. The van der Waals surface area contributed by atoms with Gasteiger partial charge in [-0.05, 0) is 24.6 Å². The van der Waals surface area contributed by atoms with Crippen LogP contribution in [-0.2, 0) is 6.54 Å². The van der Waals surface area contributed by atoms with Crippen LogP contribution in [0.25, 0.3) is 0 Å². The van der Waals surface area contributed by atoms with E-state index in [-0.39, 0.29) is 0 Å². The van der Waals surface area contributed by atoms with Crippen molar-refractivity contribution in [3.63, 3.8) is 0 Å². The van der Waals surface area contributed by atoms with Crippen LogP contribution in [0.5, 0.6) is 0 Å². The summed E-state index contributed by atoms with van der Waals surface area (Å²) in [5.74, 6) is 0. The zero-order valence-corrected chi connectivity index (χ0v) is 11.8. The van der Waals surface area contributed by atoms with Crippen molar-refractivity contribution in [1.82, 2.24) is 15.0 Å². The second kappa shape index (κ2) is 6.49. The molecule has 1 heterocycles. The Bertz CT molecular complexity index is 555. The van der Waals surface area contributed by atoms with Crippen molar-refractivity contribution < 1.29 is 0 Å². The normalized spacial score (nSPS) is 10.4. The molecule has 19 heavy (non-hydrogen) atoms. The molecule has 0 spiro atoms. The van der Waals surface area contributed by atoms with Crippen molar-refractivity contribution in [1.29, 1.82) is 0 Å². The minimum absolute atomic E-state index is 0.357. The number of benzene rings is 1. The maximum Gasteiger partial charge on any atom is 0.106 e. The monoisotopic (exact) mass is 295 g/mol. The number of thiocarbonyl (C=S) groups is 1. The molecule has 0 atom stereocenters. The Balaban J connectivity index is 1.91. The summed E-state index contributed by atoms with van der Waals surface area (Å²) in [6, 6.07) is 5.42. The lowest BCUT2D eigenvalue weighted by Crippen LogP contribution is -2.14. The van der Waals surface area contributed by atoms with E-state index in [0.29, 0.717) is 10.0 Å². The van der Waals surface area contributed by atoms with Gasteiger partial charge in [-0.2, -0.15) is 0 Å². The molecule has 0 saturated heterocycles. The van der Waals surface area contributed by atoms with Crippen LogP contribution in [0, 0.1) is 0 Å². The fourth-order valence-electron chi connectivity index (χ4n) is 1.69. The van der Waals surface area contributed by atoms with Gasteiger partial charge >= 0.3 is 0 Å². The summed E-state index contributed by atoms with van der Waals surface area (Å²) >= 11 is 11.0. The van der Waals surface area contributed by atoms with Gasteiger partial charge in [0.1, 0.15) is 4.99 Å². The summed E-state index contributed by atoms with van der Waals surface area (Å²) in [6.07, 6.45) is 4.40. The van der Waals surface area contributed by atoms with Gasteiger partial charge < -0.3 is 11.1 Å². The number of aryl methyl sites for hydroxylation is 1. The van der Waals surface area contributed by atoms with Gasteiger partial charge in [-0.1, -0.05) is 29.0 Å². The number of nitrogens with one attached hydrogen (secondary N) is 1. The molecule has 0 radical (unpaired) electrons. The first-order chi connectivity index (χ1) is 9.16. The Labute approximate surface area is 121 Å². The van der Waals surface area contributed by atoms with Gasteiger partial charge in [0.05, 0.1) is 6.20 Å². The Kier molecular flexibility index (Phi) is 4.70. The van der Waals surface area contributed by atoms with Gasteiger partial charge in [-0.15, -0.1) is 5.10 Å². The molecule has 0 unspecified atom stereocenters. The standard InChI is InChI=1S/C12H14ClN5S/c13-9-2-3-10(12(14)19)11(8-9)15-4-1-6-18-7-5-16-17-18/h2-3,5,7-8,15H,1,4,6H2,(H2,14,19). The smallest absolute Gasteiger partial charge is 0.106 e. The summed E-state index contributed by atoms with van der Waals surface area (Å²) < 4.78 is 1.79. The molecule has 0 amide bonds. The Hall–Kier alpha value is -1.66. The molecule has 5 nitrogen and oxygen atoms in total. The number of nitrogens with two attached hydrogens (primary N) is 1. The topological polar surface area (TPSA) is 68.8 Å². The van der Waals surface area contributed by atoms with Gasteiger partial charge in [0, 0.05) is 35.6 Å². The van der Waals surface area contributed by atoms with Gasteiger partial charge in [-0.25, -0.2) is 0 Å². The molecule has 1 aromatic carbocycles. The number of halogens is 1. The van der Waals surface area contributed by atoms with Crippen LogP contribution in [0.1, 0.15) is 12.0 Å². The van der Waals surface area contributed by atoms with E-state index >= 15 is 0 Å². The third-order valence-corrected chi connectivity index (χ3v) is 3.05. The molecule has 0 aliphatic carbocycles. The summed E-state index contributed by atoms with van der Waals surface area (Å²) in [5, 5.41) is 11.6. The van der Waals surface area contributed by atoms with E-state index < -0.39 is 0 Å². The van der Waals surface area contributed by atoms with Crippen LogP contribution in [0.3, 0.4) is 0 Å². The molecular formula is C12H14ClN5S. The van der Waals surface area contributed by atoms with Gasteiger partial charge in [-0.3, -0.25) is 4.68 Å². The third kappa shape index (κ3) is 3.90. The van der Waals surface area contributed by atoms with Crippen LogP contribution >= 0.6 is 23.8 Å². The lowest BCUT2D eigenvalue weighted by Gasteiger charge is -2.11. The fourth-order valence-corrected chi connectivity index (χ4v) is 2.04. The number of aromatic nitrogens is 3. The highest BCUT2D eigenvalue weighted by molar-refractivity contribution is 7.80. The van der Waals surface area contributed by atoms with E-state index in [1.165, 1.54) is 0 Å². The molecule has 0 aliphatic rings. The highest BCUT2D eigenvalue weighted by Gasteiger charge is 2.05. The summed E-state index contributed by atoms with van der Waals surface area (Å²) in [4.78, 5) is 0.357. The molecule has 0 bridgehead atoms. The van der Waals surface area contributed by atoms with Crippen LogP contribution in [0.15, 0.2) is 30.6 Å². The maximum absolute atomic E-state index is 5.97. The minimum Gasteiger partial charge on any atom is -0.389 e. The van der Waals surface area contributed by atoms with Crippen molar-refractivity contribution in [2.75, 3.05) is 11.9 Å². The lowest BCUT2D eigenvalue weighted by molar-refractivity contribution is 0.570. The number of hydrogen-bond donors (Lipinski definition) is 2. The first kappa shape index (κ1) is 13.8. The second-order valence-corrected chi connectivity index (χ2v) is 4.88. The SMILES string of the molecule is NC(=S)c1ccc(Cl)cc1NCCCn1ccnn1. The van der Waals surface area contributed by atoms with Crippen molar-refractivity contribution in [2.45, 2.75) is 13.0 Å². The Morgan fingerprint density at radius 3 is 3.00 bits per heavy atom. The van der Waals surface area contributed by atoms with Crippen LogP contribution in [0.2, 0.25) is 5.02 Å². The highest BCUT2D eigenvalue weighted by Crippen LogP contribution is 2.21. The van der Waals surface area contributed by atoms with Crippen molar-refractivity contribution in [3.05, 3.63) is 41.2 Å². The Morgan fingerprint density at radius 1 is 1.47 bits per heavy atom. The predicted molar refractivity (Wildman–Crippen MR) is 80.5 cm³/mol. The van der Waals surface area contributed by atoms with E-state index in [1.54, 1.807) is 16.9 Å². The van der Waals surface area contributed by atoms with Gasteiger partial charge in [0.25, 0.3) is 0 Å². The van der Waals surface area contributed by atoms with Gasteiger partial charge in [0.2, 0.25) is 0 Å². The fraction of sp³-hybridized carbons (Fsp3) is 0.250. The third-order valence-electron chi connectivity index (χ3n) is 2.60. The molecule has 1 aromatic heterocycles. The zero-order chi connectivity index (χ0) is 13.7. The predicted octanol–water partition coefficient (Wildman–Crippen LogP) is 2.07. The minimum atomic E-state index is 0.357. The number of rotatable bonds is 6. The highest BCUT2D eigenvalue weighted by atomic mass is 35.5. The molecule has 0 saturated carbocycles. The van der Waals surface area contributed by atoms with E-state index in [1.807, 2.05) is 18.3 Å². The summed E-state index contributed by atoms with van der Waals surface area (Å²) in [5.41, 5.74) is 7.34. The quantitative estimate of drug-likeness (QED) is 0.631. The van der Waals surface area contributed by atoms with E-state index in [0.717, 1.165) is 30.8 Å². The first-order valence-corrected chi connectivity index (χ1v) is 6.63. The first-order valence-electron chi connectivity index (χ1n) is 5.84. The van der Waals surface area contributed by atoms with Crippen LogP contribution in [-0.4, -0.2) is 26.5 Å². The number of anilines is 1. The molecule has 3 N–H and O–H groups in total. The number of nitrogens with zero attached hydrogens (tertiary/aromatic N) is 3. The largest absolute Gasteiger partial charge is 0.389 e. The van der Waals surface area contributed by atoms with E-state index in [4.69, 9.17) is 29.6 Å². The second-order valence-electron chi connectivity index (χ2n) is 4.00.